The zero-order valence-electron chi connectivity index (χ0n) is 7.69. The Bertz CT molecular complexity index is 168. The molecule has 0 aromatic rings. The monoisotopic (exact) mass is 323 g/mol. The average Bonchev–Trinajstić information content (AvgIpc) is 2.06. The van der Waals surface area contributed by atoms with Crippen molar-refractivity contribution in [1.29, 1.82) is 0 Å². The first-order chi connectivity index (χ1) is 6.47. The molecule has 0 spiro atoms. The van der Waals surface area contributed by atoms with Gasteiger partial charge in [-0.15, -0.1) is 0 Å². The molecular weight excluding hydrogens is 310 g/mol. The molecule has 0 atom stereocenters. The number of ether oxygens (including phenoxy) is 1. The average molecular weight is 323 g/mol. The van der Waals surface area contributed by atoms with Gasteiger partial charge in [0, 0.05) is 36.0 Å². The number of alkyl halides is 3. The van der Waals surface area contributed by atoms with Crippen molar-refractivity contribution in [2.45, 2.75) is 31.5 Å². The molecule has 0 saturated carbocycles. The number of piperidine rings is 1. The predicted octanol–water partition coefficient (Wildman–Crippen LogP) is 2.77. The van der Waals surface area contributed by atoms with Gasteiger partial charge in [0.25, 0.3) is 0 Å². The van der Waals surface area contributed by atoms with Crippen molar-refractivity contribution in [3.05, 3.63) is 0 Å². The van der Waals surface area contributed by atoms with Gasteiger partial charge in [0.05, 0.1) is 19.1 Å². The van der Waals surface area contributed by atoms with Crippen LogP contribution in [0.15, 0.2) is 0 Å². The van der Waals surface area contributed by atoms with Crippen LogP contribution in [0.2, 0.25) is 0 Å². The number of hydrogen-bond acceptors (Lipinski definition) is 2. The maximum atomic E-state index is 11.8. The molecule has 1 heterocycles. The molecule has 2 nitrogen and oxygen atoms in total. The summed E-state index contributed by atoms with van der Waals surface area (Å²) >= 11 is 2.22. The lowest BCUT2D eigenvalue weighted by Crippen LogP contribution is -2.31. The fourth-order valence-corrected chi connectivity index (χ4v) is 1.89. The molecule has 0 N–H and O–H groups in total. The van der Waals surface area contributed by atoms with Crippen molar-refractivity contribution in [1.82, 2.24) is 3.11 Å². The van der Waals surface area contributed by atoms with Crippen LogP contribution in [0.1, 0.15) is 19.3 Å². The Morgan fingerprint density at radius 1 is 1.29 bits per heavy atom. The van der Waals surface area contributed by atoms with Gasteiger partial charge in [-0.1, -0.05) is 0 Å². The topological polar surface area (TPSA) is 12.5 Å². The molecule has 0 unspecified atom stereocenters. The highest BCUT2D eigenvalue weighted by atomic mass is 127. The highest BCUT2D eigenvalue weighted by Crippen LogP contribution is 2.21. The van der Waals surface area contributed by atoms with Gasteiger partial charge in [0.15, 0.2) is 0 Å². The fourth-order valence-electron chi connectivity index (χ4n) is 1.33. The molecule has 1 fully saturated rings. The Morgan fingerprint density at radius 2 is 1.86 bits per heavy atom. The SMILES string of the molecule is FC(F)(F)CCOC1CCN(I)CC1. The highest BCUT2D eigenvalue weighted by Gasteiger charge is 2.27. The molecule has 1 aliphatic rings. The van der Waals surface area contributed by atoms with Crippen LogP contribution in [0.3, 0.4) is 0 Å². The molecule has 1 saturated heterocycles. The Hall–Kier alpha value is 0.440. The summed E-state index contributed by atoms with van der Waals surface area (Å²) in [6, 6.07) is 0. The molecule has 0 aliphatic carbocycles. The van der Waals surface area contributed by atoms with Gasteiger partial charge in [-0.2, -0.15) is 13.2 Å². The molecule has 0 bridgehead atoms. The van der Waals surface area contributed by atoms with Gasteiger partial charge in [-0.05, 0) is 12.8 Å². The molecule has 84 valence electrons. The van der Waals surface area contributed by atoms with Crippen molar-refractivity contribution < 1.29 is 17.9 Å². The lowest BCUT2D eigenvalue weighted by atomic mass is 10.1. The molecule has 0 aromatic heterocycles. The number of hydrogen-bond donors (Lipinski definition) is 0. The molecule has 1 rings (SSSR count). The van der Waals surface area contributed by atoms with Crippen LogP contribution in [-0.2, 0) is 4.74 Å². The van der Waals surface area contributed by atoms with Crippen LogP contribution in [0.4, 0.5) is 13.2 Å². The molecule has 0 radical (unpaired) electrons. The minimum absolute atomic E-state index is 0.0170. The fraction of sp³-hybridized carbons (Fsp3) is 1.00. The van der Waals surface area contributed by atoms with Crippen LogP contribution in [0.25, 0.3) is 0 Å². The van der Waals surface area contributed by atoms with Gasteiger partial charge in [0.2, 0.25) is 0 Å². The van der Waals surface area contributed by atoms with Crippen molar-refractivity contribution in [2.75, 3.05) is 19.7 Å². The first-order valence-electron chi connectivity index (χ1n) is 4.56. The normalized spacial score (nSPS) is 21.4. The van der Waals surface area contributed by atoms with E-state index < -0.39 is 12.6 Å². The maximum absolute atomic E-state index is 11.8. The Morgan fingerprint density at radius 3 is 2.36 bits per heavy atom. The van der Waals surface area contributed by atoms with E-state index in [0.29, 0.717) is 0 Å². The van der Waals surface area contributed by atoms with Crippen molar-refractivity contribution >= 4 is 22.9 Å². The lowest BCUT2D eigenvalue weighted by Gasteiger charge is -2.27. The Kier molecular flexibility index (Phi) is 4.92. The summed E-state index contributed by atoms with van der Waals surface area (Å²) in [5.41, 5.74) is 0. The maximum Gasteiger partial charge on any atom is 0.391 e. The quantitative estimate of drug-likeness (QED) is 0.585. The minimum Gasteiger partial charge on any atom is -0.378 e. The van der Waals surface area contributed by atoms with Gasteiger partial charge in [0.1, 0.15) is 0 Å². The van der Waals surface area contributed by atoms with E-state index in [0.717, 1.165) is 25.9 Å². The summed E-state index contributed by atoms with van der Waals surface area (Å²) in [5.74, 6) is 0. The third-order valence-corrected chi connectivity index (χ3v) is 3.09. The van der Waals surface area contributed by atoms with E-state index in [1.54, 1.807) is 0 Å². The minimum atomic E-state index is -4.09. The smallest absolute Gasteiger partial charge is 0.378 e. The van der Waals surface area contributed by atoms with E-state index in [-0.39, 0.29) is 12.7 Å². The third kappa shape index (κ3) is 5.35. The van der Waals surface area contributed by atoms with Crippen LogP contribution in [-0.4, -0.2) is 35.1 Å². The second kappa shape index (κ2) is 5.50. The summed E-state index contributed by atoms with van der Waals surface area (Å²) in [5, 5.41) is 0. The first-order valence-corrected chi connectivity index (χ1v) is 5.53. The molecule has 6 heteroatoms. The highest BCUT2D eigenvalue weighted by molar-refractivity contribution is 14.1. The second-order valence-electron chi connectivity index (χ2n) is 3.35. The zero-order chi connectivity index (χ0) is 10.6. The van der Waals surface area contributed by atoms with Crippen LogP contribution in [0.5, 0.6) is 0 Å². The summed E-state index contributed by atoms with van der Waals surface area (Å²) in [7, 11) is 0. The first kappa shape index (κ1) is 12.5. The lowest BCUT2D eigenvalue weighted by molar-refractivity contribution is -0.150. The van der Waals surface area contributed by atoms with Crippen LogP contribution >= 0.6 is 22.9 Å². The van der Waals surface area contributed by atoms with Crippen LogP contribution in [0, 0.1) is 0 Å². The predicted molar refractivity (Wildman–Crippen MR) is 55.2 cm³/mol. The van der Waals surface area contributed by atoms with E-state index >= 15 is 0 Å². The Balaban J connectivity index is 2.08. The van der Waals surface area contributed by atoms with Crippen molar-refractivity contribution in [3.63, 3.8) is 0 Å². The third-order valence-electron chi connectivity index (χ3n) is 2.13. The van der Waals surface area contributed by atoms with Crippen molar-refractivity contribution in [2.24, 2.45) is 0 Å². The number of nitrogens with zero attached hydrogens (tertiary/aromatic N) is 1. The molecule has 14 heavy (non-hydrogen) atoms. The summed E-state index contributed by atoms with van der Waals surface area (Å²) in [4.78, 5) is 0. The largest absolute Gasteiger partial charge is 0.391 e. The van der Waals surface area contributed by atoms with E-state index in [2.05, 4.69) is 26.0 Å². The summed E-state index contributed by atoms with van der Waals surface area (Å²) < 4.78 is 42.6. The van der Waals surface area contributed by atoms with Crippen LogP contribution < -0.4 is 0 Å². The summed E-state index contributed by atoms with van der Waals surface area (Å²) in [6.07, 6.45) is -3.24. The van der Waals surface area contributed by atoms with E-state index in [1.807, 2.05) is 0 Å². The van der Waals surface area contributed by atoms with Gasteiger partial charge in [-0.25, -0.2) is 3.11 Å². The van der Waals surface area contributed by atoms with Gasteiger partial charge in [-0.3, -0.25) is 0 Å². The summed E-state index contributed by atoms with van der Waals surface area (Å²) in [6.45, 7) is 1.60. The van der Waals surface area contributed by atoms with Gasteiger partial charge >= 0.3 is 6.18 Å². The standard InChI is InChI=1S/C8H13F3INO/c9-8(10,11)3-6-14-7-1-4-13(12)5-2-7/h7H,1-6H2. The molecule has 1 aliphatic heterocycles. The van der Waals surface area contributed by atoms with E-state index in [1.165, 1.54) is 0 Å². The van der Waals surface area contributed by atoms with Crippen molar-refractivity contribution in [3.8, 4) is 0 Å². The van der Waals surface area contributed by atoms with Gasteiger partial charge < -0.3 is 4.74 Å². The number of halogens is 4. The van der Waals surface area contributed by atoms with E-state index in [9.17, 15) is 13.2 Å². The molecule has 0 aromatic carbocycles. The zero-order valence-corrected chi connectivity index (χ0v) is 9.84. The Labute approximate surface area is 95.3 Å². The van der Waals surface area contributed by atoms with E-state index in [4.69, 9.17) is 4.74 Å². The molecule has 0 amide bonds. The second-order valence-corrected chi connectivity index (χ2v) is 4.71. The number of rotatable bonds is 3. The molecular formula is C8H13F3INO.